The minimum atomic E-state index is -0.560. The molecule has 8 nitrogen and oxygen atoms in total. The predicted octanol–water partition coefficient (Wildman–Crippen LogP) is 6.79. The van der Waals surface area contributed by atoms with Crippen LogP contribution in [0.2, 0.25) is 5.02 Å². The van der Waals surface area contributed by atoms with E-state index in [0.717, 1.165) is 15.6 Å². The van der Waals surface area contributed by atoms with Crippen LogP contribution in [-0.4, -0.2) is 20.8 Å². The van der Waals surface area contributed by atoms with Crippen LogP contribution in [0.4, 0.5) is 5.69 Å². The molecule has 37 heavy (non-hydrogen) atoms. The lowest BCUT2D eigenvalue weighted by Gasteiger charge is -2.21. The molecular weight excluding hydrogens is 560 g/mol. The van der Waals surface area contributed by atoms with E-state index in [1.54, 1.807) is 12.1 Å². The third kappa shape index (κ3) is 5.89. The van der Waals surface area contributed by atoms with Crippen molar-refractivity contribution >= 4 is 50.3 Å². The van der Waals surface area contributed by atoms with E-state index < -0.39 is 10.3 Å². The van der Waals surface area contributed by atoms with Crippen molar-refractivity contribution in [1.29, 1.82) is 0 Å². The van der Waals surface area contributed by atoms with Crippen LogP contribution in [0, 0.1) is 17.0 Å². The fraction of sp³-hybridized carbons (Fsp3) is 0.222. The summed E-state index contributed by atoms with van der Waals surface area (Å²) >= 11 is 9.60. The zero-order valence-corrected chi connectivity index (χ0v) is 23.0. The SMILES string of the molecule is Cc1ccc(COc2c(C=Nn3c(C(C)(C)C)nc4ccc(Br)cc4c3=O)cc(Cl)cc2[N+](=O)[O-])cc1. The third-order valence-electron chi connectivity index (χ3n) is 5.55. The monoisotopic (exact) mass is 582 g/mol. The number of ether oxygens (including phenoxy) is 1. The van der Waals surface area contributed by atoms with Gasteiger partial charge < -0.3 is 4.74 Å². The number of benzene rings is 3. The van der Waals surface area contributed by atoms with Crippen molar-refractivity contribution in [2.45, 2.75) is 39.7 Å². The summed E-state index contributed by atoms with van der Waals surface area (Å²) in [5.41, 5.74) is 1.54. The minimum Gasteiger partial charge on any atom is -0.481 e. The Balaban J connectivity index is 1.85. The molecule has 0 radical (unpaired) electrons. The second-order valence-corrected chi connectivity index (χ2v) is 10.9. The van der Waals surface area contributed by atoms with E-state index in [2.05, 4.69) is 21.0 Å². The molecule has 0 aliphatic rings. The number of hydrogen-bond acceptors (Lipinski definition) is 6. The Morgan fingerprint density at radius 1 is 1.16 bits per heavy atom. The maximum atomic E-state index is 13.5. The second kappa shape index (κ2) is 10.4. The maximum absolute atomic E-state index is 13.5. The number of nitro benzene ring substituents is 1. The number of halogens is 2. The van der Waals surface area contributed by atoms with Gasteiger partial charge in [0.25, 0.3) is 5.56 Å². The van der Waals surface area contributed by atoms with Gasteiger partial charge in [-0.25, -0.2) is 4.98 Å². The zero-order chi connectivity index (χ0) is 26.9. The summed E-state index contributed by atoms with van der Waals surface area (Å²) in [6, 6.07) is 15.6. The van der Waals surface area contributed by atoms with Gasteiger partial charge in [0.05, 0.1) is 22.0 Å². The topological polar surface area (TPSA) is 99.6 Å². The van der Waals surface area contributed by atoms with E-state index in [4.69, 9.17) is 21.3 Å². The highest BCUT2D eigenvalue weighted by molar-refractivity contribution is 9.10. The Labute approximate surface area is 226 Å². The molecule has 0 aliphatic carbocycles. The van der Waals surface area contributed by atoms with Crippen LogP contribution in [0.1, 0.15) is 43.3 Å². The number of fused-ring (bicyclic) bond motifs is 1. The van der Waals surface area contributed by atoms with Gasteiger partial charge in [-0.05, 0) is 36.8 Å². The van der Waals surface area contributed by atoms with Crippen LogP contribution in [-0.2, 0) is 12.0 Å². The first-order valence-electron chi connectivity index (χ1n) is 11.4. The number of aromatic nitrogens is 2. The molecule has 4 rings (SSSR count). The molecule has 1 heterocycles. The quantitative estimate of drug-likeness (QED) is 0.141. The Hall–Kier alpha value is -3.56. The van der Waals surface area contributed by atoms with Gasteiger partial charge in [-0.3, -0.25) is 14.9 Å². The highest BCUT2D eigenvalue weighted by Crippen LogP contribution is 2.34. The van der Waals surface area contributed by atoms with Gasteiger partial charge in [-0.2, -0.15) is 9.78 Å². The van der Waals surface area contributed by atoms with Crippen molar-refractivity contribution < 1.29 is 9.66 Å². The molecule has 1 aromatic heterocycles. The summed E-state index contributed by atoms with van der Waals surface area (Å²) in [5.74, 6) is 0.433. The molecule has 4 aromatic rings. The van der Waals surface area contributed by atoms with Crippen molar-refractivity contribution in [3.63, 3.8) is 0 Å². The van der Waals surface area contributed by atoms with Crippen molar-refractivity contribution in [1.82, 2.24) is 9.66 Å². The highest BCUT2D eigenvalue weighted by atomic mass is 79.9. The smallest absolute Gasteiger partial charge is 0.313 e. The number of hydrogen-bond donors (Lipinski definition) is 0. The largest absolute Gasteiger partial charge is 0.481 e. The van der Waals surface area contributed by atoms with E-state index in [-0.39, 0.29) is 34.2 Å². The lowest BCUT2D eigenvalue weighted by atomic mass is 9.95. The van der Waals surface area contributed by atoms with E-state index in [1.165, 1.54) is 23.0 Å². The van der Waals surface area contributed by atoms with Crippen LogP contribution in [0.15, 0.2) is 69.0 Å². The van der Waals surface area contributed by atoms with Gasteiger partial charge in [0.1, 0.15) is 12.4 Å². The average molecular weight is 584 g/mol. The molecule has 0 saturated heterocycles. The van der Waals surface area contributed by atoms with E-state index >= 15 is 0 Å². The Morgan fingerprint density at radius 2 is 1.86 bits per heavy atom. The van der Waals surface area contributed by atoms with Gasteiger partial charge in [0.2, 0.25) is 5.75 Å². The van der Waals surface area contributed by atoms with Crippen LogP contribution in [0.5, 0.6) is 5.75 Å². The lowest BCUT2D eigenvalue weighted by Crippen LogP contribution is -2.29. The van der Waals surface area contributed by atoms with Crippen LogP contribution < -0.4 is 10.3 Å². The Kier molecular flexibility index (Phi) is 7.47. The zero-order valence-electron chi connectivity index (χ0n) is 20.7. The van der Waals surface area contributed by atoms with Gasteiger partial charge in [0, 0.05) is 26.5 Å². The number of nitro groups is 1. The molecular formula is C27H24BrClN4O4. The van der Waals surface area contributed by atoms with E-state index in [9.17, 15) is 14.9 Å². The first-order chi connectivity index (χ1) is 17.4. The first kappa shape index (κ1) is 26.5. The summed E-state index contributed by atoms with van der Waals surface area (Å²) < 4.78 is 7.86. The van der Waals surface area contributed by atoms with Crippen molar-refractivity contribution in [2.24, 2.45) is 5.10 Å². The summed E-state index contributed by atoms with van der Waals surface area (Å²) in [7, 11) is 0. The summed E-state index contributed by atoms with van der Waals surface area (Å²) in [4.78, 5) is 29.4. The molecule has 0 aliphatic heterocycles. The second-order valence-electron chi connectivity index (χ2n) is 9.58. The molecule has 0 N–H and O–H groups in total. The molecule has 0 atom stereocenters. The molecule has 0 unspecified atom stereocenters. The predicted molar refractivity (Wildman–Crippen MR) is 149 cm³/mol. The van der Waals surface area contributed by atoms with Gasteiger partial charge >= 0.3 is 5.69 Å². The number of aryl methyl sites for hydroxylation is 1. The average Bonchev–Trinajstić information content (AvgIpc) is 2.83. The Morgan fingerprint density at radius 3 is 2.51 bits per heavy atom. The molecule has 0 saturated carbocycles. The molecule has 0 bridgehead atoms. The summed E-state index contributed by atoms with van der Waals surface area (Å²) in [6.45, 7) is 7.84. The summed E-state index contributed by atoms with van der Waals surface area (Å²) in [5, 5.41) is 16.8. The summed E-state index contributed by atoms with van der Waals surface area (Å²) in [6.07, 6.45) is 1.34. The van der Waals surface area contributed by atoms with Crippen LogP contribution in [0.25, 0.3) is 10.9 Å². The number of nitrogens with zero attached hydrogens (tertiary/aromatic N) is 4. The van der Waals surface area contributed by atoms with Crippen molar-refractivity contribution in [3.8, 4) is 5.75 Å². The lowest BCUT2D eigenvalue weighted by molar-refractivity contribution is -0.385. The van der Waals surface area contributed by atoms with E-state index in [1.807, 2.05) is 58.0 Å². The fourth-order valence-electron chi connectivity index (χ4n) is 3.69. The molecule has 10 heteroatoms. The van der Waals surface area contributed by atoms with Gasteiger partial charge in [-0.15, -0.1) is 0 Å². The minimum absolute atomic E-state index is 0.000533. The van der Waals surface area contributed by atoms with Gasteiger partial charge in [-0.1, -0.05) is 78.1 Å². The molecule has 0 spiro atoms. The van der Waals surface area contributed by atoms with Crippen molar-refractivity contribution in [3.05, 3.63) is 107 Å². The van der Waals surface area contributed by atoms with Crippen LogP contribution in [0.3, 0.4) is 0 Å². The Bertz CT molecular complexity index is 1590. The molecule has 3 aromatic carbocycles. The van der Waals surface area contributed by atoms with Gasteiger partial charge in [0.15, 0.2) is 0 Å². The van der Waals surface area contributed by atoms with E-state index in [0.29, 0.717) is 16.7 Å². The van der Waals surface area contributed by atoms with Crippen molar-refractivity contribution in [2.75, 3.05) is 0 Å². The maximum Gasteiger partial charge on any atom is 0.313 e. The number of rotatable bonds is 6. The standard InChI is InChI=1S/C27H24BrClN4O4/c1-16-5-7-17(8-6-16)15-37-24-18(11-20(29)13-23(24)33(35)36)14-30-32-25(34)21-12-19(28)9-10-22(21)31-26(32)27(2,3)4/h5-14H,15H2,1-4H3. The molecule has 0 fully saturated rings. The normalized spacial score (nSPS) is 11.8. The molecule has 190 valence electrons. The third-order valence-corrected chi connectivity index (χ3v) is 6.27. The molecule has 0 amide bonds. The fourth-order valence-corrected chi connectivity index (χ4v) is 4.27. The van der Waals surface area contributed by atoms with Crippen LogP contribution >= 0.6 is 27.5 Å². The highest BCUT2D eigenvalue weighted by Gasteiger charge is 2.24. The first-order valence-corrected chi connectivity index (χ1v) is 12.5.